The summed E-state index contributed by atoms with van der Waals surface area (Å²) in [5.74, 6) is -0.108. The minimum Gasteiger partial charge on any atom is -0.319 e. The van der Waals surface area contributed by atoms with Gasteiger partial charge in [-0.15, -0.1) is 0 Å². The van der Waals surface area contributed by atoms with Gasteiger partial charge in [-0.1, -0.05) is 12.1 Å². The summed E-state index contributed by atoms with van der Waals surface area (Å²) in [6, 6.07) is 5.96. The molecule has 17 heavy (non-hydrogen) atoms. The van der Waals surface area contributed by atoms with Gasteiger partial charge in [0.25, 0.3) is 0 Å². The molecule has 0 saturated heterocycles. The van der Waals surface area contributed by atoms with Gasteiger partial charge in [0, 0.05) is 6.42 Å². The van der Waals surface area contributed by atoms with Crippen molar-refractivity contribution in [2.45, 2.75) is 19.3 Å². The van der Waals surface area contributed by atoms with Crippen LogP contribution in [0.4, 0.5) is 5.69 Å². The molecule has 0 spiro atoms. The van der Waals surface area contributed by atoms with Crippen molar-refractivity contribution >= 4 is 11.6 Å². The summed E-state index contributed by atoms with van der Waals surface area (Å²) in [5.41, 5.74) is 3.09. The number of fused-ring (bicyclic) bond motifs is 1. The minimum absolute atomic E-state index is 0.108. The molecular formula is C13H15N3O. The standard InChI is InChI=1S/C13H15N3O/c1-15-7-6-10-2-4-12-11(8-10)3-5-13(17)16(12)9-14/h2,4,8,15H,3,5-7H2,1H3. The number of anilines is 1. The number of likely N-dealkylation sites (N-methyl/N-ethyl adjacent to an activating group) is 1. The molecule has 1 aliphatic rings. The molecule has 1 N–H and O–H groups in total. The Kier molecular flexibility index (Phi) is 3.40. The first-order valence-corrected chi connectivity index (χ1v) is 5.75. The largest absolute Gasteiger partial charge is 0.319 e. The zero-order valence-corrected chi connectivity index (χ0v) is 9.86. The maximum Gasteiger partial charge on any atom is 0.240 e. The number of hydrogen-bond donors (Lipinski definition) is 1. The molecule has 0 saturated carbocycles. The summed E-state index contributed by atoms with van der Waals surface area (Å²) in [6.45, 7) is 0.930. The molecule has 1 aromatic rings. The van der Waals surface area contributed by atoms with Crippen molar-refractivity contribution in [3.8, 4) is 6.19 Å². The van der Waals surface area contributed by atoms with Crippen LogP contribution in [0.1, 0.15) is 17.5 Å². The molecule has 0 atom stereocenters. The molecule has 4 nitrogen and oxygen atoms in total. The van der Waals surface area contributed by atoms with Crippen LogP contribution in [0.3, 0.4) is 0 Å². The molecule has 0 radical (unpaired) electrons. The summed E-state index contributed by atoms with van der Waals surface area (Å²) in [6.07, 6.45) is 4.07. The van der Waals surface area contributed by atoms with Crippen molar-refractivity contribution in [3.63, 3.8) is 0 Å². The number of nitrogens with zero attached hydrogens (tertiary/aromatic N) is 2. The van der Waals surface area contributed by atoms with E-state index in [0.29, 0.717) is 6.42 Å². The molecule has 1 heterocycles. The first-order chi connectivity index (χ1) is 8.26. The fraction of sp³-hybridized carbons (Fsp3) is 0.385. The van der Waals surface area contributed by atoms with Crippen LogP contribution in [0.15, 0.2) is 18.2 Å². The zero-order chi connectivity index (χ0) is 12.3. The predicted octanol–water partition coefficient (Wildman–Crippen LogP) is 1.21. The van der Waals surface area contributed by atoms with Gasteiger partial charge in [-0.3, -0.25) is 4.79 Å². The molecule has 1 aliphatic heterocycles. The molecule has 1 amide bonds. The van der Waals surface area contributed by atoms with Gasteiger partial charge in [-0.2, -0.15) is 5.26 Å². The van der Waals surface area contributed by atoms with E-state index >= 15 is 0 Å². The first-order valence-electron chi connectivity index (χ1n) is 5.75. The molecule has 0 aliphatic carbocycles. The maximum atomic E-state index is 11.5. The first kappa shape index (κ1) is 11.6. The second-order valence-electron chi connectivity index (χ2n) is 4.15. The summed E-state index contributed by atoms with van der Waals surface area (Å²) in [5, 5.41) is 12.1. The fourth-order valence-corrected chi connectivity index (χ4v) is 2.08. The summed E-state index contributed by atoms with van der Waals surface area (Å²) in [4.78, 5) is 12.7. The Morgan fingerprint density at radius 2 is 2.29 bits per heavy atom. The topological polar surface area (TPSA) is 56.1 Å². The van der Waals surface area contributed by atoms with Crippen LogP contribution < -0.4 is 10.2 Å². The smallest absolute Gasteiger partial charge is 0.240 e. The van der Waals surface area contributed by atoms with Gasteiger partial charge in [0.1, 0.15) is 0 Å². The quantitative estimate of drug-likeness (QED) is 0.793. The highest BCUT2D eigenvalue weighted by Crippen LogP contribution is 2.28. The van der Waals surface area contributed by atoms with Crippen molar-refractivity contribution in [2.75, 3.05) is 18.5 Å². The molecule has 88 valence electrons. The van der Waals surface area contributed by atoms with Gasteiger partial charge in [0.15, 0.2) is 6.19 Å². The van der Waals surface area contributed by atoms with E-state index in [0.717, 1.165) is 30.6 Å². The number of carbonyl (C=O) groups excluding carboxylic acids is 1. The fourth-order valence-electron chi connectivity index (χ4n) is 2.08. The van der Waals surface area contributed by atoms with Crippen molar-refractivity contribution in [3.05, 3.63) is 29.3 Å². The monoisotopic (exact) mass is 229 g/mol. The third-order valence-electron chi connectivity index (χ3n) is 3.01. The Balaban J connectivity index is 2.28. The van der Waals surface area contributed by atoms with E-state index in [9.17, 15) is 4.79 Å². The van der Waals surface area contributed by atoms with Gasteiger partial charge in [-0.25, -0.2) is 4.90 Å². The summed E-state index contributed by atoms with van der Waals surface area (Å²) in [7, 11) is 1.93. The third kappa shape index (κ3) is 2.29. The highest BCUT2D eigenvalue weighted by molar-refractivity contribution is 5.98. The van der Waals surface area contributed by atoms with Gasteiger partial charge >= 0.3 is 0 Å². The van der Waals surface area contributed by atoms with Crippen LogP contribution in [-0.4, -0.2) is 19.5 Å². The molecular weight excluding hydrogens is 214 g/mol. The molecule has 0 unspecified atom stereocenters. The highest BCUT2D eigenvalue weighted by Gasteiger charge is 2.23. The Bertz CT molecular complexity index is 476. The van der Waals surface area contributed by atoms with Crippen LogP contribution in [0.25, 0.3) is 0 Å². The lowest BCUT2D eigenvalue weighted by Crippen LogP contribution is -2.30. The summed E-state index contributed by atoms with van der Waals surface area (Å²) >= 11 is 0. The molecule has 0 aromatic heterocycles. The van der Waals surface area contributed by atoms with E-state index in [-0.39, 0.29) is 5.91 Å². The van der Waals surface area contributed by atoms with Gasteiger partial charge in [0.05, 0.1) is 5.69 Å². The highest BCUT2D eigenvalue weighted by atomic mass is 16.2. The lowest BCUT2D eigenvalue weighted by Gasteiger charge is -2.23. The number of carbonyl (C=O) groups is 1. The second-order valence-corrected chi connectivity index (χ2v) is 4.15. The average molecular weight is 229 g/mol. The van der Waals surface area contributed by atoms with Crippen molar-refractivity contribution in [1.82, 2.24) is 5.32 Å². The van der Waals surface area contributed by atoms with Crippen LogP contribution in [-0.2, 0) is 17.6 Å². The summed E-state index contributed by atoms with van der Waals surface area (Å²) < 4.78 is 0. The normalized spacial score (nSPS) is 14.4. The molecule has 1 aromatic carbocycles. The van der Waals surface area contributed by atoms with Crippen LogP contribution in [0.5, 0.6) is 0 Å². The number of nitriles is 1. The maximum absolute atomic E-state index is 11.5. The predicted molar refractivity (Wildman–Crippen MR) is 65.5 cm³/mol. The Hall–Kier alpha value is -1.86. The number of aryl methyl sites for hydroxylation is 1. The van der Waals surface area contributed by atoms with Crippen LogP contribution >= 0.6 is 0 Å². The molecule has 2 rings (SSSR count). The number of nitrogens with one attached hydrogen (secondary N) is 1. The van der Waals surface area contributed by atoms with Crippen LogP contribution in [0.2, 0.25) is 0 Å². The zero-order valence-electron chi connectivity index (χ0n) is 9.86. The van der Waals surface area contributed by atoms with E-state index in [4.69, 9.17) is 5.26 Å². The van der Waals surface area contributed by atoms with Crippen molar-refractivity contribution < 1.29 is 4.79 Å². The Morgan fingerprint density at radius 1 is 1.47 bits per heavy atom. The Labute approximate surface area is 101 Å². The van der Waals surface area contributed by atoms with Gasteiger partial charge in [0.2, 0.25) is 5.91 Å². The van der Waals surface area contributed by atoms with Crippen LogP contribution in [0, 0.1) is 11.5 Å². The number of rotatable bonds is 3. The van der Waals surface area contributed by atoms with E-state index in [1.165, 1.54) is 10.5 Å². The lowest BCUT2D eigenvalue weighted by molar-refractivity contribution is -0.118. The number of benzene rings is 1. The average Bonchev–Trinajstić information content (AvgIpc) is 2.36. The molecule has 4 heteroatoms. The minimum atomic E-state index is -0.108. The second kappa shape index (κ2) is 4.98. The van der Waals surface area contributed by atoms with Gasteiger partial charge < -0.3 is 5.32 Å². The van der Waals surface area contributed by atoms with E-state index in [2.05, 4.69) is 11.4 Å². The van der Waals surface area contributed by atoms with E-state index < -0.39 is 0 Å². The van der Waals surface area contributed by atoms with E-state index in [1.807, 2.05) is 25.4 Å². The lowest BCUT2D eigenvalue weighted by atomic mass is 9.98. The number of hydrogen-bond acceptors (Lipinski definition) is 3. The van der Waals surface area contributed by atoms with Gasteiger partial charge in [-0.05, 0) is 43.6 Å². The van der Waals surface area contributed by atoms with E-state index in [1.54, 1.807) is 0 Å². The third-order valence-corrected chi connectivity index (χ3v) is 3.01. The Morgan fingerprint density at radius 3 is 3.00 bits per heavy atom. The SMILES string of the molecule is CNCCc1ccc2c(c1)CCC(=O)N2C#N. The van der Waals surface area contributed by atoms with Crippen molar-refractivity contribution in [1.29, 1.82) is 5.26 Å². The molecule has 0 bridgehead atoms. The van der Waals surface area contributed by atoms with Crippen molar-refractivity contribution in [2.24, 2.45) is 0 Å². The number of amides is 1. The molecule has 0 fully saturated rings.